The van der Waals surface area contributed by atoms with E-state index in [2.05, 4.69) is 10.3 Å². The minimum absolute atomic E-state index is 0.00959. The SMILES string of the molecule is Cc1nc(-c2ccc(F)cc2)sc1C(=O)N1CCC(CC(=O)NC[C@H]2CCCO2)CC1. The van der Waals surface area contributed by atoms with E-state index >= 15 is 0 Å². The van der Waals surface area contributed by atoms with E-state index in [-0.39, 0.29) is 23.7 Å². The molecule has 1 aromatic heterocycles. The molecule has 2 amide bonds. The van der Waals surface area contributed by atoms with E-state index in [0.717, 1.165) is 42.9 Å². The van der Waals surface area contributed by atoms with E-state index in [1.807, 2.05) is 11.8 Å². The van der Waals surface area contributed by atoms with Gasteiger partial charge in [-0.2, -0.15) is 0 Å². The minimum Gasteiger partial charge on any atom is -0.376 e. The predicted molar refractivity (Wildman–Crippen MR) is 117 cm³/mol. The van der Waals surface area contributed by atoms with Crippen molar-refractivity contribution in [2.45, 2.75) is 45.1 Å². The third kappa shape index (κ3) is 5.49. The Kier molecular flexibility index (Phi) is 6.97. The summed E-state index contributed by atoms with van der Waals surface area (Å²) in [5.74, 6) is 0.0646. The first kappa shape index (κ1) is 21.9. The molecule has 3 heterocycles. The van der Waals surface area contributed by atoms with Crippen LogP contribution in [-0.2, 0) is 9.53 Å². The van der Waals surface area contributed by atoms with Crippen molar-refractivity contribution in [1.29, 1.82) is 0 Å². The fourth-order valence-electron chi connectivity index (χ4n) is 4.16. The number of rotatable bonds is 6. The highest BCUT2D eigenvalue weighted by Gasteiger charge is 2.28. The van der Waals surface area contributed by atoms with Crippen molar-refractivity contribution in [3.05, 3.63) is 40.7 Å². The second-order valence-electron chi connectivity index (χ2n) is 8.32. The molecule has 2 aromatic rings. The van der Waals surface area contributed by atoms with Crippen molar-refractivity contribution in [3.63, 3.8) is 0 Å². The van der Waals surface area contributed by atoms with Gasteiger partial charge in [0.2, 0.25) is 5.91 Å². The van der Waals surface area contributed by atoms with Gasteiger partial charge in [-0.1, -0.05) is 0 Å². The van der Waals surface area contributed by atoms with Gasteiger partial charge in [0.25, 0.3) is 5.91 Å². The van der Waals surface area contributed by atoms with Gasteiger partial charge in [-0.15, -0.1) is 11.3 Å². The number of piperidine rings is 1. The van der Waals surface area contributed by atoms with Crippen molar-refractivity contribution >= 4 is 23.2 Å². The molecule has 2 saturated heterocycles. The van der Waals surface area contributed by atoms with Crippen LogP contribution in [0.15, 0.2) is 24.3 Å². The maximum absolute atomic E-state index is 13.2. The molecule has 8 heteroatoms. The Bertz CT molecular complexity index is 917. The van der Waals surface area contributed by atoms with Crippen LogP contribution in [0.4, 0.5) is 4.39 Å². The van der Waals surface area contributed by atoms with Crippen LogP contribution >= 0.6 is 11.3 Å². The van der Waals surface area contributed by atoms with Gasteiger partial charge in [-0.05, 0) is 62.8 Å². The van der Waals surface area contributed by atoms with Gasteiger partial charge in [-0.25, -0.2) is 9.37 Å². The fourth-order valence-corrected chi connectivity index (χ4v) is 5.20. The summed E-state index contributed by atoms with van der Waals surface area (Å²) in [6.45, 7) is 4.51. The first-order chi connectivity index (χ1) is 15.0. The maximum atomic E-state index is 13.2. The number of hydrogen-bond acceptors (Lipinski definition) is 5. The number of carbonyl (C=O) groups excluding carboxylic acids is 2. The Hall–Kier alpha value is -2.32. The van der Waals surface area contributed by atoms with Gasteiger partial charge in [0, 0.05) is 38.2 Å². The summed E-state index contributed by atoms with van der Waals surface area (Å²) in [6, 6.07) is 6.15. The highest BCUT2D eigenvalue weighted by atomic mass is 32.1. The lowest BCUT2D eigenvalue weighted by Gasteiger charge is -2.31. The highest BCUT2D eigenvalue weighted by Crippen LogP contribution is 2.30. The maximum Gasteiger partial charge on any atom is 0.265 e. The molecular formula is C23H28FN3O3S. The number of aromatic nitrogens is 1. The van der Waals surface area contributed by atoms with Gasteiger partial charge < -0.3 is 15.0 Å². The Morgan fingerprint density at radius 2 is 1.97 bits per heavy atom. The van der Waals surface area contributed by atoms with Crippen LogP contribution in [0.5, 0.6) is 0 Å². The first-order valence-corrected chi connectivity index (χ1v) is 11.7. The third-order valence-corrected chi connectivity index (χ3v) is 7.20. The van der Waals surface area contributed by atoms with E-state index in [9.17, 15) is 14.0 Å². The molecule has 0 aliphatic carbocycles. The molecule has 6 nitrogen and oxygen atoms in total. The van der Waals surface area contributed by atoms with E-state index in [1.165, 1.54) is 23.5 Å². The Balaban J connectivity index is 1.28. The zero-order chi connectivity index (χ0) is 21.8. The second kappa shape index (κ2) is 9.87. The topological polar surface area (TPSA) is 71.5 Å². The molecule has 0 saturated carbocycles. The molecule has 0 unspecified atom stereocenters. The third-order valence-electron chi connectivity index (χ3n) is 6.01. The van der Waals surface area contributed by atoms with Gasteiger partial charge in [0.05, 0.1) is 11.8 Å². The lowest BCUT2D eigenvalue weighted by molar-refractivity contribution is -0.122. The zero-order valence-electron chi connectivity index (χ0n) is 17.7. The Labute approximate surface area is 185 Å². The van der Waals surface area contributed by atoms with Crippen LogP contribution < -0.4 is 5.32 Å². The molecule has 4 rings (SSSR count). The number of thiazole rings is 1. The van der Waals surface area contributed by atoms with Crippen molar-refractivity contribution in [2.75, 3.05) is 26.2 Å². The molecule has 2 aliphatic heterocycles. The molecule has 166 valence electrons. The standard InChI is InChI=1S/C23H28FN3O3S/c1-15-21(31-22(26-15)17-4-6-18(24)7-5-17)23(29)27-10-8-16(9-11-27)13-20(28)25-14-19-3-2-12-30-19/h4-7,16,19H,2-3,8-14H2,1H3,(H,25,28)/t19-/m1/s1. The molecule has 1 atom stereocenters. The largest absolute Gasteiger partial charge is 0.376 e. The quantitative estimate of drug-likeness (QED) is 0.734. The zero-order valence-corrected chi connectivity index (χ0v) is 18.5. The monoisotopic (exact) mass is 445 g/mol. The molecule has 1 aromatic carbocycles. The Morgan fingerprint density at radius 1 is 1.23 bits per heavy atom. The van der Waals surface area contributed by atoms with Gasteiger partial charge in [0.1, 0.15) is 15.7 Å². The van der Waals surface area contributed by atoms with Crippen LogP contribution in [-0.4, -0.2) is 54.0 Å². The number of likely N-dealkylation sites (tertiary alicyclic amines) is 1. The smallest absolute Gasteiger partial charge is 0.265 e. The predicted octanol–water partition coefficient (Wildman–Crippen LogP) is 3.80. The molecule has 2 fully saturated rings. The van der Waals surface area contributed by atoms with Crippen LogP contribution in [0.1, 0.15) is 47.5 Å². The average molecular weight is 446 g/mol. The average Bonchev–Trinajstić information content (AvgIpc) is 3.43. The number of ether oxygens (including phenoxy) is 1. The molecular weight excluding hydrogens is 417 g/mol. The molecule has 0 radical (unpaired) electrons. The number of halogens is 1. The fraction of sp³-hybridized carbons (Fsp3) is 0.522. The second-order valence-corrected chi connectivity index (χ2v) is 9.32. The van der Waals surface area contributed by atoms with Crippen molar-refractivity contribution in [1.82, 2.24) is 15.2 Å². The normalized spacial score (nSPS) is 19.5. The first-order valence-electron chi connectivity index (χ1n) is 10.9. The number of aryl methyl sites for hydroxylation is 1. The minimum atomic E-state index is -0.295. The Morgan fingerprint density at radius 3 is 2.65 bits per heavy atom. The summed E-state index contributed by atoms with van der Waals surface area (Å²) in [5, 5.41) is 3.71. The summed E-state index contributed by atoms with van der Waals surface area (Å²) in [5.41, 5.74) is 1.51. The van der Waals surface area contributed by atoms with Crippen LogP contribution in [0.25, 0.3) is 10.6 Å². The molecule has 31 heavy (non-hydrogen) atoms. The van der Waals surface area contributed by atoms with E-state index in [4.69, 9.17) is 4.74 Å². The van der Waals surface area contributed by atoms with E-state index in [1.54, 1.807) is 12.1 Å². The summed E-state index contributed by atoms with van der Waals surface area (Å²) in [4.78, 5) is 32.3. The van der Waals surface area contributed by atoms with Crippen molar-refractivity contribution in [2.24, 2.45) is 5.92 Å². The number of nitrogens with zero attached hydrogens (tertiary/aromatic N) is 2. The van der Waals surface area contributed by atoms with Crippen molar-refractivity contribution < 1.29 is 18.7 Å². The van der Waals surface area contributed by atoms with E-state index < -0.39 is 0 Å². The highest BCUT2D eigenvalue weighted by molar-refractivity contribution is 7.17. The summed E-state index contributed by atoms with van der Waals surface area (Å²) in [7, 11) is 0. The van der Waals surface area contributed by atoms with Crippen LogP contribution in [0.2, 0.25) is 0 Å². The van der Waals surface area contributed by atoms with Crippen LogP contribution in [0, 0.1) is 18.7 Å². The summed E-state index contributed by atoms with van der Waals surface area (Å²) in [6.07, 6.45) is 4.39. The van der Waals surface area contributed by atoms with Gasteiger partial charge in [0.15, 0.2) is 0 Å². The van der Waals surface area contributed by atoms with Crippen molar-refractivity contribution in [3.8, 4) is 10.6 Å². The number of carbonyl (C=O) groups is 2. The van der Waals surface area contributed by atoms with Gasteiger partial charge in [-0.3, -0.25) is 9.59 Å². The van der Waals surface area contributed by atoms with Gasteiger partial charge >= 0.3 is 0 Å². The molecule has 0 bridgehead atoms. The summed E-state index contributed by atoms with van der Waals surface area (Å²) >= 11 is 1.35. The lowest BCUT2D eigenvalue weighted by atomic mass is 9.93. The number of nitrogens with one attached hydrogen (secondary N) is 1. The van der Waals surface area contributed by atoms with E-state index in [0.29, 0.717) is 42.5 Å². The molecule has 0 spiro atoms. The molecule has 1 N–H and O–H groups in total. The number of hydrogen-bond donors (Lipinski definition) is 1. The lowest BCUT2D eigenvalue weighted by Crippen LogP contribution is -2.40. The summed E-state index contributed by atoms with van der Waals surface area (Å²) < 4.78 is 18.7. The number of benzene rings is 1. The molecule has 2 aliphatic rings. The number of amides is 2. The van der Waals surface area contributed by atoms with Crippen LogP contribution in [0.3, 0.4) is 0 Å².